The van der Waals surface area contributed by atoms with E-state index in [-0.39, 0.29) is 6.54 Å². The second-order valence-corrected chi connectivity index (χ2v) is 3.65. The van der Waals surface area contributed by atoms with Gasteiger partial charge in [0.25, 0.3) is 0 Å². The van der Waals surface area contributed by atoms with E-state index in [9.17, 15) is 4.91 Å². The van der Waals surface area contributed by atoms with E-state index >= 15 is 0 Å². The van der Waals surface area contributed by atoms with Crippen molar-refractivity contribution in [3.05, 3.63) is 70.9 Å². The van der Waals surface area contributed by atoms with Gasteiger partial charge in [-0.05, 0) is 5.56 Å². The van der Waals surface area contributed by atoms with Gasteiger partial charge in [-0.2, -0.15) is 4.91 Å². The molecule has 0 N–H and O–H groups in total. The van der Waals surface area contributed by atoms with Gasteiger partial charge in [-0.15, -0.1) is 0 Å². The fraction of sp³-hybridized carbons (Fsp3) is 0.154. The number of benzene rings is 1. The molecule has 0 saturated carbocycles. The zero-order valence-corrected chi connectivity index (χ0v) is 8.91. The summed E-state index contributed by atoms with van der Waals surface area (Å²) in [5.74, 6) is 0. The molecule has 0 aliphatic rings. The maximum Gasteiger partial charge on any atom is 0.173 e. The van der Waals surface area contributed by atoms with Gasteiger partial charge in [0.1, 0.15) is 6.54 Å². The highest BCUT2D eigenvalue weighted by Gasteiger charge is 2.02. The number of pyridine rings is 1. The summed E-state index contributed by atoms with van der Waals surface area (Å²) in [7, 11) is 0. The standard InChI is InChI=1S/C13H13N2O/c16-14-10-12-6-8-15(9-7-12)11-13-4-2-1-3-5-13/h1-9H,10-11H2/q+1. The van der Waals surface area contributed by atoms with Gasteiger partial charge < -0.3 is 0 Å². The van der Waals surface area contributed by atoms with Crippen LogP contribution in [0.2, 0.25) is 0 Å². The van der Waals surface area contributed by atoms with E-state index in [4.69, 9.17) is 0 Å². The zero-order chi connectivity index (χ0) is 11.2. The first-order valence-corrected chi connectivity index (χ1v) is 5.19. The molecule has 0 radical (unpaired) electrons. The van der Waals surface area contributed by atoms with Gasteiger partial charge in [-0.25, -0.2) is 4.57 Å². The molecule has 0 aliphatic carbocycles. The minimum absolute atomic E-state index is 0.242. The maximum atomic E-state index is 10.1. The van der Waals surface area contributed by atoms with Crippen molar-refractivity contribution in [2.45, 2.75) is 13.1 Å². The molecule has 0 fully saturated rings. The summed E-state index contributed by atoms with van der Waals surface area (Å²) < 4.78 is 2.07. The second kappa shape index (κ2) is 5.16. The maximum absolute atomic E-state index is 10.1. The molecule has 16 heavy (non-hydrogen) atoms. The van der Waals surface area contributed by atoms with Crippen LogP contribution >= 0.6 is 0 Å². The average molecular weight is 213 g/mol. The lowest BCUT2D eigenvalue weighted by molar-refractivity contribution is -0.688. The van der Waals surface area contributed by atoms with Gasteiger partial charge in [0.05, 0.1) is 0 Å². The molecule has 2 aromatic rings. The van der Waals surface area contributed by atoms with Crippen molar-refractivity contribution in [3.8, 4) is 0 Å². The fourth-order valence-electron chi connectivity index (χ4n) is 1.57. The molecule has 3 heteroatoms. The summed E-state index contributed by atoms with van der Waals surface area (Å²) in [4.78, 5) is 10.1. The third-order valence-corrected chi connectivity index (χ3v) is 2.42. The molecule has 0 spiro atoms. The highest BCUT2D eigenvalue weighted by molar-refractivity contribution is 5.13. The Morgan fingerprint density at radius 2 is 1.62 bits per heavy atom. The Morgan fingerprint density at radius 3 is 2.25 bits per heavy atom. The normalized spacial score (nSPS) is 10.0. The number of hydrogen-bond acceptors (Lipinski definition) is 2. The molecule has 3 nitrogen and oxygen atoms in total. The number of nitrogens with zero attached hydrogens (tertiary/aromatic N) is 2. The largest absolute Gasteiger partial charge is 0.201 e. The predicted molar refractivity (Wildman–Crippen MR) is 61.7 cm³/mol. The van der Waals surface area contributed by atoms with Crippen molar-refractivity contribution in [2.75, 3.05) is 0 Å². The van der Waals surface area contributed by atoms with E-state index in [2.05, 4.69) is 21.9 Å². The lowest BCUT2D eigenvalue weighted by Gasteiger charge is -1.98. The summed E-state index contributed by atoms with van der Waals surface area (Å²) >= 11 is 0. The zero-order valence-electron chi connectivity index (χ0n) is 8.91. The summed E-state index contributed by atoms with van der Waals surface area (Å²) in [6, 6.07) is 14.1. The van der Waals surface area contributed by atoms with Gasteiger partial charge in [0.15, 0.2) is 18.9 Å². The molecule has 1 aromatic carbocycles. The van der Waals surface area contributed by atoms with Crippen LogP contribution in [0.1, 0.15) is 11.1 Å². The lowest BCUT2D eigenvalue weighted by Crippen LogP contribution is -2.33. The van der Waals surface area contributed by atoms with Crippen LogP contribution in [0.25, 0.3) is 0 Å². The van der Waals surface area contributed by atoms with Crippen LogP contribution in [0.5, 0.6) is 0 Å². The van der Waals surface area contributed by atoms with Gasteiger partial charge in [0, 0.05) is 17.7 Å². The summed E-state index contributed by atoms with van der Waals surface area (Å²) in [5.41, 5.74) is 2.20. The molecular formula is C13H13N2O+. The minimum atomic E-state index is 0.242. The Kier molecular flexibility index (Phi) is 3.38. The van der Waals surface area contributed by atoms with E-state index in [0.29, 0.717) is 0 Å². The smallest absolute Gasteiger partial charge is 0.173 e. The Balaban J connectivity index is 2.08. The molecule has 0 atom stereocenters. The predicted octanol–water partition coefficient (Wildman–Crippen LogP) is 2.29. The SMILES string of the molecule is O=NCc1cc[n+](Cc2ccccc2)cc1. The molecule has 80 valence electrons. The third kappa shape index (κ3) is 2.73. The first kappa shape index (κ1) is 10.5. The first-order chi connectivity index (χ1) is 7.88. The molecule has 2 rings (SSSR count). The van der Waals surface area contributed by atoms with E-state index in [0.717, 1.165) is 12.1 Å². The third-order valence-electron chi connectivity index (χ3n) is 2.42. The van der Waals surface area contributed by atoms with Gasteiger partial charge in [0.2, 0.25) is 0 Å². The van der Waals surface area contributed by atoms with Crippen molar-refractivity contribution >= 4 is 0 Å². The van der Waals surface area contributed by atoms with Crippen LogP contribution in [0, 0.1) is 4.91 Å². The minimum Gasteiger partial charge on any atom is -0.201 e. The molecular weight excluding hydrogens is 200 g/mol. The number of rotatable bonds is 4. The molecule has 0 unspecified atom stereocenters. The first-order valence-electron chi connectivity index (χ1n) is 5.19. The molecule has 0 bridgehead atoms. The van der Waals surface area contributed by atoms with E-state index in [1.54, 1.807) is 0 Å². The second-order valence-electron chi connectivity index (χ2n) is 3.65. The van der Waals surface area contributed by atoms with Gasteiger partial charge in [-0.3, -0.25) is 0 Å². The lowest BCUT2D eigenvalue weighted by atomic mass is 10.2. The van der Waals surface area contributed by atoms with Crippen LogP contribution in [-0.4, -0.2) is 0 Å². The molecule has 1 aromatic heterocycles. The van der Waals surface area contributed by atoms with Crippen LogP contribution in [0.3, 0.4) is 0 Å². The quantitative estimate of drug-likeness (QED) is 0.566. The fourth-order valence-corrected chi connectivity index (χ4v) is 1.57. The Hall–Kier alpha value is -2.03. The number of aromatic nitrogens is 1. The van der Waals surface area contributed by atoms with Crippen LogP contribution < -0.4 is 4.57 Å². The van der Waals surface area contributed by atoms with E-state index in [1.807, 2.05) is 42.7 Å². The number of hydrogen-bond donors (Lipinski definition) is 0. The van der Waals surface area contributed by atoms with Crippen LogP contribution in [0.4, 0.5) is 0 Å². The summed E-state index contributed by atoms with van der Waals surface area (Å²) in [6.07, 6.45) is 3.93. The van der Waals surface area contributed by atoms with Crippen molar-refractivity contribution in [3.63, 3.8) is 0 Å². The van der Waals surface area contributed by atoms with Gasteiger partial charge >= 0.3 is 0 Å². The highest BCUT2D eigenvalue weighted by Crippen LogP contribution is 2.00. The van der Waals surface area contributed by atoms with Crippen LogP contribution in [0.15, 0.2) is 60.0 Å². The Bertz CT molecular complexity index is 451. The molecule has 0 saturated heterocycles. The summed E-state index contributed by atoms with van der Waals surface area (Å²) in [6.45, 7) is 1.09. The Labute approximate surface area is 94.3 Å². The van der Waals surface area contributed by atoms with E-state index in [1.165, 1.54) is 5.56 Å². The molecule has 0 amide bonds. The van der Waals surface area contributed by atoms with Crippen molar-refractivity contribution in [1.82, 2.24) is 0 Å². The number of nitroso groups, excluding NO2 is 1. The highest BCUT2D eigenvalue weighted by atomic mass is 16.3. The topological polar surface area (TPSA) is 33.3 Å². The van der Waals surface area contributed by atoms with E-state index < -0.39 is 0 Å². The summed E-state index contributed by atoms with van der Waals surface area (Å²) in [5, 5.41) is 2.86. The monoisotopic (exact) mass is 213 g/mol. The molecule has 1 heterocycles. The Morgan fingerprint density at radius 1 is 0.938 bits per heavy atom. The van der Waals surface area contributed by atoms with Crippen molar-refractivity contribution < 1.29 is 4.57 Å². The van der Waals surface area contributed by atoms with Crippen molar-refractivity contribution in [1.29, 1.82) is 0 Å². The van der Waals surface area contributed by atoms with Crippen LogP contribution in [-0.2, 0) is 13.1 Å². The van der Waals surface area contributed by atoms with Crippen molar-refractivity contribution in [2.24, 2.45) is 5.18 Å². The average Bonchev–Trinajstić information content (AvgIpc) is 2.33. The van der Waals surface area contributed by atoms with Gasteiger partial charge in [-0.1, -0.05) is 35.5 Å². The molecule has 0 aliphatic heterocycles.